The van der Waals surface area contributed by atoms with Crippen molar-refractivity contribution in [3.05, 3.63) is 65.7 Å². The van der Waals surface area contributed by atoms with Gasteiger partial charge in [0.15, 0.2) is 0 Å². The molecule has 0 aliphatic carbocycles. The molecule has 2 amide bonds. The third-order valence-electron chi connectivity index (χ3n) is 4.90. The molecule has 1 saturated heterocycles. The minimum Gasteiger partial charge on any atom is -0.497 e. The third-order valence-corrected chi connectivity index (χ3v) is 4.90. The van der Waals surface area contributed by atoms with Crippen LogP contribution in [0, 0.1) is 0 Å². The summed E-state index contributed by atoms with van der Waals surface area (Å²) in [5.41, 5.74) is 1.25. The van der Waals surface area contributed by atoms with E-state index in [1.165, 1.54) is 9.80 Å². The van der Waals surface area contributed by atoms with E-state index in [0.717, 1.165) is 5.56 Å². The lowest BCUT2D eigenvalue weighted by Gasteiger charge is -2.31. The zero-order valence-corrected chi connectivity index (χ0v) is 15.7. The number of rotatable bonds is 4. The summed E-state index contributed by atoms with van der Waals surface area (Å²) in [6.07, 6.45) is -0.633. The molecule has 27 heavy (non-hydrogen) atoms. The maximum Gasteiger partial charge on any atom is 0.255 e. The molecule has 0 unspecified atom stereocenters. The number of carbonyl (C=O) groups excluding carboxylic acids is 2. The van der Waals surface area contributed by atoms with E-state index in [9.17, 15) is 14.7 Å². The third kappa shape index (κ3) is 3.66. The molecule has 142 valence electrons. The van der Waals surface area contributed by atoms with Crippen LogP contribution in [0.5, 0.6) is 5.75 Å². The van der Waals surface area contributed by atoms with Crippen LogP contribution in [0.2, 0.25) is 0 Å². The number of benzene rings is 2. The number of amides is 2. The van der Waals surface area contributed by atoms with Crippen molar-refractivity contribution < 1.29 is 19.4 Å². The number of hydrogen-bond donors (Lipinski definition) is 1. The number of aliphatic hydroxyl groups excluding tert-OH is 1. The highest BCUT2D eigenvalue weighted by atomic mass is 16.5. The quantitative estimate of drug-likeness (QED) is 0.897. The van der Waals surface area contributed by atoms with Gasteiger partial charge in [-0.05, 0) is 29.8 Å². The summed E-state index contributed by atoms with van der Waals surface area (Å²) in [5, 5.41) is 10.7. The highest BCUT2D eigenvalue weighted by Crippen LogP contribution is 2.38. The van der Waals surface area contributed by atoms with Crippen molar-refractivity contribution >= 4 is 11.8 Å². The molecule has 3 rings (SSSR count). The molecule has 0 aromatic heterocycles. The average Bonchev–Trinajstić information content (AvgIpc) is 3.04. The second-order valence-electron chi connectivity index (χ2n) is 6.85. The van der Waals surface area contributed by atoms with Crippen LogP contribution in [-0.2, 0) is 4.79 Å². The second kappa shape index (κ2) is 7.80. The predicted octanol–water partition coefficient (Wildman–Crippen LogP) is 2.10. The molecule has 2 aromatic rings. The molecule has 0 radical (unpaired) electrons. The minimum absolute atomic E-state index is 0.200. The van der Waals surface area contributed by atoms with E-state index in [-0.39, 0.29) is 18.2 Å². The van der Waals surface area contributed by atoms with Gasteiger partial charge in [0, 0.05) is 26.1 Å². The molecule has 0 saturated carbocycles. The van der Waals surface area contributed by atoms with Crippen molar-refractivity contribution in [2.75, 3.05) is 21.2 Å². The van der Waals surface area contributed by atoms with Crippen LogP contribution in [0.1, 0.15) is 28.4 Å². The number of methoxy groups -OCH3 is 1. The molecule has 0 spiro atoms. The Morgan fingerprint density at radius 3 is 2.26 bits per heavy atom. The van der Waals surface area contributed by atoms with Gasteiger partial charge in [-0.15, -0.1) is 0 Å². The normalized spacial score (nSPS) is 21.8. The van der Waals surface area contributed by atoms with Crippen molar-refractivity contribution in [1.29, 1.82) is 0 Å². The summed E-state index contributed by atoms with van der Waals surface area (Å²) in [6.45, 7) is 0. The van der Waals surface area contributed by atoms with E-state index in [2.05, 4.69) is 0 Å². The fourth-order valence-corrected chi connectivity index (χ4v) is 3.55. The zero-order chi connectivity index (χ0) is 19.6. The van der Waals surface area contributed by atoms with E-state index < -0.39 is 18.2 Å². The molecule has 1 aliphatic rings. The first kappa shape index (κ1) is 18.9. The van der Waals surface area contributed by atoms with Gasteiger partial charge in [-0.3, -0.25) is 9.59 Å². The maximum atomic E-state index is 13.3. The summed E-state index contributed by atoms with van der Waals surface area (Å²) in [6, 6.07) is 14.7. The van der Waals surface area contributed by atoms with Crippen LogP contribution in [-0.4, -0.2) is 60.1 Å². The highest BCUT2D eigenvalue weighted by molar-refractivity contribution is 5.98. The molecule has 6 heteroatoms. The van der Waals surface area contributed by atoms with Crippen LogP contribution in [0.25, 0.3) is 0 Å². The summed E-state index contributed by atoms with van der Waals surface area (Å²) >= 11 is 0. The Morgan fingerprint density at radius 1 is 1.07 bits per heavy atom. The number of ether oxygens (including phenoxy) is 1. The Kier molecular flexibility index (Phi) is 5.46. The Hall–Kier alpha value is -2.86. The molecule has 0 bridgehead atoms. The van der Waals surface area contributed by atoms with E-state index >= 15 is 0 Å². The van der Waals surface area contributed by atoms with Crippen LogP contribution in [0.4, 0.5) is 0 Å². The van der Waals surface area contributed by atoms with Crippen LogP contribution in [0.15, 0.2) is 54.6 Å². The molecule has 2 aromatic carbocycles. The molecular formula is C21H24N2O4. The first-order valence-corrected chi connectivity index (χ1v) is 8.85. The van der Waals surface area contributed by atoms with Crippen molar-refractivity contribution in [3.63, 3.8) is 0 Å². The smallest absolute Gasteiger partial charge is 0.255 e. The molecule has 1 N–H and O–H groups in total. The van der Waals surface area contributed by atoms with Crippen molar-refractivity contribution in [1.82, 2.24) is 9.80 Å². The first-order chi connectivity index (χ1) is 12.9. The lowest BCUT2D eigenvalue weighted by Crippen LogP contribution is -2.46. The molecule has 3 atom stereocenters. The largest absolute Gasteiger partial charge is 0.497 e. The Bertz CT molecular complexity index is 805. The fraction of sp³-hybridized carbons (Fsp3) is 0.333. The summed E-state index contributed by atoms with van der Waals surface area (Å²) < 4.78 is 5.19. The molecule has 1 aliphatic heterocycles. The number of aliphatic hydroxyl groups is 1. The Balaban J connectivity index is 2.03. The number of nitrogens with zero attached hydrogens (tertiary/aromatic N) is 2. The molecule has 6 nitrogen and oxygen atoms in total. The summed E-state index contributed by atoms with van der Waals surface area (Å²) in [4.78, 5) is 28.9. The van der Waals surface area contributed by atoms with Gasteiger partial charge < -0.3 is 19.6 Å². The number of likely N-dealkylation sites (N-methyl/N-ethyl adjacent to an activating group) is 1. The zero-order valence-electron chi connectivity index (χ0n) is 15.7. The van der Waals surface area contributed by atoms with Gasteiger partial charge in [-0.1, -0.05) is 30.3 Å². The van der Waals surface area contributed by atoms with Crippen LogP contribution in [0.3, 0.4) is 0 Å². The molecular weight excluding hydrogens is 344 g/mol. The maximum absolute atomic E-state index is 13.3. The average molecular weight is 368 g/mol. The van der Waals surface area contributed by atoms with Crippen molar-refractivity contribution in [2.45, 2.75) is 24.6 Å². The van der Waals surface area contributed by atoms with E-state index in [4.69, 9.17) is 4.74 Å². The van der Waals surface area contributed by atoms with E-state index in [0.29, 0.717) is 11.3 Å². The second-order valence-corrected chi connectivity index (χ2v) is 6.85. The van der Waals surface area contributed by atoms with E-state index in [1.807, 2.05) is 18.2 Å². The Morgan fingerprint density at radius 2 is 1.70 bits per heavy atom. The van der Waals surface area contributed by atoms with Gasteiger partial charge in [-0.2, -0.15) is 0 Å². The Labute approximate surface area is 159 Å². The van der Waals surface area contributed by atoms with Crippen LogP contribution < -0.4 is 4.74 Å². The highest BCUT2D eigenvalue weighted by Gasteiger charge is 2.47. The summed E-state index contributed by atoms with van der Waals surface area (Å²) in [7, 11) is 4.89. The molecule has 1 heterocycles. The number of likely N-dealkylation sites (tertiary alicyclic amines) is 1. The summed E-state index contributed by atoms with van der Waals surface area (Å²) in [5.74, 6) is 0.218. The number of hydrogen-bond acceptors (Lipinski definition) is 4. The fourth-order valence-electron chi connectivity index (χ4n) is 3.55. The monoisotopic (exact) mass is 368 g/mol. The van der Waals surface area contributed by atoms with Crippen molar-refractivity contribution in [3.8, 4) is 5.75 Å². The van der Waals surface area contributed by atoms with Gasteiger partial charge in [-0.25, -0.2) is 0 Å². The lowest BCUT2D eigenvalue weighted by atomic mass is 10.0. The SMILES string of the molecule is COc1ccc([C@H]2[C@@H](O)C[C@@H](C(=O)N(C)C)N2C(=O)c2ccccc2)cc1. The van der Waals surface area contributed by atoms with Gasteiger partial charge in [0.2, 0.25) is 5.91 Å². The minimum atomic E-state index is -0.833. The van der Waals surface area contributed by atoms with Crippen LogP contribution >= 0.6 is 0 Å². The van der Waals surface area contributed by atoms with E-state index in [1.54, 1.807) is 57.6 Å². The van der Waals surface area contributed by atoms with Gasteiger partial charge in [0.05, 0.1) is 19.3 Å². The first-order valence-electron chi connectivity index (χ1n) is 8.85. The standard InChI is InChI=1S/C21H24N2O4/c1-22(2)21(26)17-13-18(24)19(14-9-11-16(27-3)12-10-14)23(17)20(25)15-7-5-4-6-8-15/h4-12,17-19,24H,13H2,1-3H3/t17-,18-,19-/m0/s1. The number of carbonyl (C=O) groups is 2. The topological polar surface area (TPSA) is 70.1 Å². The van der Waals surface area contributed by atoms with Gasteiger partial charge >= 0.3 is 0 Å². The predicted molar refractivity (Wildman–Crippen MR) is 101 cm³/mol. The van der Waals surface area contributed by atoms with Gasteiger partial charge in [0.1, 0.15) is 11.8 Å². The lowest BCUT2D eigenvalue weighted by molar-refractivity contribution is -0.133. The molecule has 1 fully saturated rings. The van der Waals surface area contributed by atoms with Crippen molar-refractivity contribution in [2.24, 2.45) is 0 Å². The van der Waals surface area contributed by atoms with Gasteiger partial charge in [0.25, 0.3) is 5.91 Å².